The largest absolute Gasteiger partial charge is 0.361 e. The third-order valence-corrected chi connectivity index (χ3v) is 5.17. The van der Waals surface area contributed by atoms with Gasteiger partial charge in [-0.05, 0) is 37.5 Å². The average Bonchev–Trinajstić information content (AvgIpc) is 2.97. The molecule has 0 radical (unpaired) electrons. The number of sulfonamides is 1. The Morgan fingerprint density at radius 2 is 2.08 bits per heavy atom. The van der Waals surface area contributed by atoms with E-state index in [4.69, 9.17) is 9.66 Å². The summed E-state index contributed by atoms with van der Waals surface area (Å²) in [5.41, 5.74) is 1.30. The summed E-state index contributed by atoms with van der Waals surface area (Å²) < 4.78 is 42.1. The van der Waals surface area contributed by atoms with Crippen LogP contribution in [0.1, 0.15) is 40.2 Å². The molecule has 3 rings (SSSR count). The van der Waals surface area contributed by atoms with Crippen molar-refractivity contribution >= 4 is 15.9 Å². The topological polar surface area (TPSA) is 106 Å². The van der Waals surface area contributed by atoms with Crippen LogP contribution in [0.4, 0.5) is 4.39 Å². The van der Waals surface area contributed by atoms with Gasteiger partial charge in [-0.2, -0.15) is 0 Å². The van der Waals surface area contributed by atoms with Crippen LogP contribution in [-0.2, 0) is 29.4 Å². The van der Waals surface area contributed by atoms with Gasteiger partial charge in [-0.1, -0.05) is 5.16 Å². The molecule has 0 unspecified atom stereocenters. The minimum atomic E-state index is -4.03. The zero-order valence-electron chi connectivity index (χ0n) is 13.7. The number of amides is 1. The second kappa shape index (κ2) is 6.57. The van der Waals surface area contributed by atoms with Crippen LogP contribution in [0.2, 0.25) is 0 Å². The lowest BCUT2D eigenvalue weighted by Gasteiger charge is -2.18. The van der Waals surface area contributed by atoms with E-state index in [2.05, 4.69) is 5.16 Å². The summed E-state index contributed by atoms with van der Waals surface area (Å²) in [5, 5.41) is 9.05. The molecule has 0 saturated heterocycles. The minimum absolute atomic E-state index is 0.150. The predicted molar refractivity (Wildman–Crippen MR) is 86.7 cm³/mol. The number of hydrogen-bond acceptors (Lipinski definition) is 5. The number of aromatic nitrogens is 1. The fourth-order valence-electron chi connectivity index (χ4n) is 2.92. The SMILES string of the molecule is CN(Cc1noc2c1CCCC2)C(=O)c1cc(S(N)(=O)=O)ccc1F. The van der Waals surface area contributed by atoms with E-state index in [1.165, 1.54) is 11.9 Å². The summed E-state index contributed by atoms with van der Waals surface area (Å²) in [6.45, 7) is 0.150. The van der Waals surface area contributed by atoms with E-state index < -0.39 is 21.7 Å². The van der Waals surface area contributed by atoms with E-state index in [1.54, 1.807) is 0 Å². The van der Waals surface area contributed by atoms with E-state index in [0.29, 0.717) is 5.69 Å². The smallest absolute Gasteiger partial charge is 0.256 e. The fourth-order valence-corrected chi connectivity index (χ4v) is 3.46. The van der Waals surface area contributed by atoms with Crippen LogP contribution < -0.4 is 5.14 Å². The number of primary sulfonamides is 1. The average molecular weight is 367 g/mol. The zero-order chi connectivity index (χ0) is 18.2. The quantitative estimate of drug-likeness (QED) is 0.884. The maximum Gasteiger partial charge on any atom is 0.256 e. The van der Waals surface area contributed by atoms with E-state index in [1.807, 2.05) is 0 Å². The van der Waals surface area contributed by atoms with Gasteiger partial charge in [-0.25, -0.2) is 17.9 Å². The molecule has 0 aliphatic heterocycles. The molecule has 1 aliphatic rings. The summed E-state index contributed by atoms with van der Waals surface area (Å²) in [6, 6.07) is 2.88. The number of carbonyl (C=O) groups excluding carboxylic acids is 1. The normalized spacial score (nSPS) is 14.2. The molecule has 1 heterocycles. The van der Waals surface area contributed by atoms with Crippen molar-refractivity contribution in [1.29, 1.82) is 0 Å². The second-order valence-corrected chi connectivity index (χ2v) is 7.65. The molecule has 0 bridgehead atoms. The Balaban J connectivity index is 1.85. The molecule has 1 amide bonds. The van der Waals surface area contributed by atoms with Gasteiger partial charge in [0, 0.05) is 19.0 Å². The second-order valence-electron chi connectivity index (χ2n) is 6.09. The molecule has 0 saturated carbocycles. The third kappa shape index (κ3) is 3.57. The third-order valence-electron chi connectivity index (χ3n) is 4.26. The Morgan fingerprint density at radius 3 is 2.80 bits per heavy atom. The number of halogens is 1. The molecule has 2 aromatic rings. The van der Waals surface area contributed by atoms with E-state index in [-0.39, 0.29) is 17.0 Å². The van der Waals surface area contributed by atoms with Crippen LogP contribution in [0.5, 0.6) is 0 Å². The summed E-state index contributed by atoms with van der Waals surface area (Å²) in [4.78, 5) is 13.5. The number of benzene rings is 1. The lowest BCUT2D eigenvalue weighted by atomic mass is 9.96. The highest BCUT2D eigenvalue weighted by atomic mass is 32.2. The van der Waals surface area contributed by atoms with Gasteiger partial charge in [0.25, 0.3) is 5.91 Å². The first-order valence-electron chi connectivity index (χ1n) is 7.81. The van der Waals surface area contributed by atoms with Gasteiger partial charge in [-0.3, -0.25) is 4.79 Å². The number of rotatable bonds is 4. The summed E-state index contributed by atoms with van der Waals surface area (Å²) in [7, 11) is -2.53. The van der Waals surface area contributed by atoms with Gasteiger partial charge in [-0.15, -0.1) is 0 Å². The van der Waals surface area contributed by atoms with Crippen molar-refractivity contribution in [1.82, 2.24) is 10.1 Å². The Bertz CT molecular complexity index is 923. The number of fused-ring (bicyclic) bond motifs is 1. The number of nitrogens with two attached hydrogens (primary N) is 1. The summed E-state index contributed by atoms with van der Waals surface area (Å²) in [6.07, 6.45) is 3.74. The molecule has 0 spiro atoms. The monoisotopic (exact) mass is 367 g/mol. The van der Waals surface area contributed by atoms with Crippen molar-refractivity contribution < 1.29 is 22.1 Å². The molecular formula is C16H18FN3O4S. The van der Waals surface area contributed by atoms with Crippen molar-refractivity contribution in [2.24, 2.45) is 5.14 Å². The predicted octanol–water partition coefficient (Wildman–Crippen LogP) is 1.61. The molecule has 1 aromatic carbocycles. The molecule has 7 nitrogen and oxygen atoms in total. The van der Waals surface area contributed by atoms with E-state index >= 15 is 0 Å². The van der Waals surface area contributed by atoms with Gasteiger partial charge in [0.15, 0.2) is 0 Å². The molecule has 2 N–H and O–H groups in total. The van der Waals surface area contributed by atoms with Crippen LogP contribution >= 0.6 is 0 Å². The Labute approximate surface area is 144 Å². The first kappa shape index (κ1) is 17.6. The van der Waals surface area contributed by atoms with Crippen LogP contribution in [-0.4, -0.2) is 31.4 Å². The van der Waals surface area contributed by atoms with Crippen molar-refractivity contribution in [3.05, 3.63) is 46.6 Å². The summed E-state index contributed by atoms with van der Waals surface area (Å²) >= 11 is 0. The van der Waals surface area contributed by atoms with Gasteiger partial charge < -0.3 is 9.42 Å². The first-order chi connectivity index (χ1) is 11.8. The van der Waals surface area contributed by atoms with Gasteiger partial charge >= 0.3 is 0 Å². The number of aryl methyl sites for hydroxylation is 1. The molecular weight excluding hydrogens is 349 g/mol. The Hall–Kier alpha value is -2.26. The van der Waals surface area contributed by atoms with Crippen molar-refractivity contribution in [3.8, 4) is 0 Å². The Morgan fingerprint density at radius 1 is 1.36 bits per heavy atom. The maximum absolute atomic E-state index is 14.0. The number of hydrogen-bond donors (Lipinski definition) is 1. The number of carbonyl (C=O) groups is 1. The molecule has 0 atom stereocenters. The van der Waals surface area contributed by atoms with E-state index in [0.717, 1.165) is 55.2 Å². The lowest BCUT2D eigenvalue weighted by Crippen LogP contribution is -2.28. The maximum atomic E-state index is 14.0. The van der Waals surface area contributed by atoms with Crippen LogP contribution in [0, 0.1) is 5.82 Å². The molecule has 1 aliphatic carbocycles. The van der Waals surface area contributed by atoms with Gasteiger partial charge in [0.05, 0.1) is 17.0 Å². The highest BCUT2D eigenvalue weighted by Crippen LogP contribution is 2.25. The highest BCUT2D eigenvalue weighted by molar-refractivity contribution is 7.89. The minimum Gasteiger partial charge on any atom is -0.361 e. The van der Waals surface area contributed by atoms with Gasteiger partial charge in [0.2, 0.25) is 10.0 Å². The molecule has 25 heavy (non-hydrogen) atoms. The van der Waals surface area contributed by atoms with Crippen LogP contribution in [0.25, 0.3) is 0 Å². The lowest BCUT2D eigenvalue weighted by molar-refractivity contribution is 0.0777. The Kier molecular flexibility index (Phi) is 4.61. The molecule has 0 fully saturated rings. The van der Waals surface area contributed by atoms with E-state index in [9.17, 15) is 17.6 Å². The molecule has 134 valence electrons. The number of nitrogens with zero attached hydrogens (tertiary/aromatic N) is 2. The first-order valence-corrected chi connectivity index (χ1v) is 9.36. The van der Waals surface area contributed by atoms with Crippen molar-refractivity contribution in [3.63, 3.8) is 0 Å². The fraction of sp³-hybridized carbons (Fsp3) is 0.375. The van der Waals surface area contributed by atoms with Crippen LogP contribution in [0.15, 0.2) is 27.6 Å². The van der Waals surface area contributed by atoms with Crippen molar-refractivity contribution in [2.45, 2.75) is 37.1 Å². The molecule has 9 heteroatoms. The standard InChI is InChI=1S/C16H18FN3O4S/c1-20(9-14-11-4-2-3-5-15(11)24-19-14)16(21)12-8-10(25(18,22)23)6-7-13(12)17/h6-8H,2-5,9H2,1H3,(H2,18,22,23). The van der Waals surface area contributed by atoms with Gasteiger partial charge in [0.1, 0.15) is 17.3 Å². The molecule has 1 aromatic heterocycles. The van der Waals surface area contributed by atoms with Crippen molar-refractivity contribution in [2.75, 3.05) is 7.05 Å². The highest BCUT2D eigenvalue weighted by Gasteiger charge is 2.24. The zero-order valence-corrected chi connectivity index (χ0v) is 14.5. The summed E-state index contributed by atoms with van der Waals surface area (Å²) in [5.74, 6) is -0.633. The van der Waals surface area contributed by atoms with Crippen LogP contribution in [0.3, 0.4) is 0 Å².